The Morgan fingerprint density at radius 3 is 2.67 bits per heavy atom. The molecule has 3 nitrogen and oxygen atoms in total. The number of hydrogen-bond donors (Lipinski definition) is 1. The molecular weight excluding hydrogens is 228 g/mol. The molecule has 1 aromatic carbocycles. The highest BCUT2D eigenvalue weighted by Gasteiger charge is 2.18. The van der Waals surface area contributed by atoms with Gasteiger partial charge in [0.05, 0.1) is 5.92 Å². The molecule has 0 aliphatic heterocycles. The number of benzene rings is 1. The van der Waals surface area contributed by atoms with Crippen molar-refractivity contribution < 1.29 is 14.6 Å². The number of unbranched alkanes of at least 4 members (excludes halogenated alkanes) is 1. The van der Waals surface area contributed by atoms with E-state index < -0.39 is 5.97 Å². The van der Waals surface area contributed by atoms with Crippen LogP contribution in [0.2, 0.25) is 0 Å². The van der Waals surface area contributed by atoms with Crippen molar-refractivity contribution in [3.05, 3.63) is 35.4 Å². The fraction of sp³-hybridized carbons (Fsp3) is 0.533. The molecule has 18 heavy (non-hydrogen) atoms. The van der Waals surface area contributed by atoms with Crippen LogP contribution >= 0.6 is 0 Å². The molecule has 0 amide bonds. The molecular formula is C15H22O3. The number of aryl methyl sites for hydroxylation is 1. The van der Waals surface area contributed by atoms with Crippen LogP contribution in [0.25, 0.3) is 0 Å². The van der Waals surface area contributed by atoms with Crippen molar-refractivity contribution in [2.24, 2.45) is 5.92 Å². The molecule has 0 bridgehead atoms. The Kier molecular flexibility index (Phi) is 6.44. The van der Waals surface area contributed by atoms with Crippen LogP contribution in [-0.4, -0.2) is 24.8 Å². The third-order valence-corrected chi connectivity index (χ3v) is 3.23. The number of methoxy groups -OCH3 is 1. The van der Waals surface area contributed by atoms with Gasteiger partial charge in [-0.2, -0.15) is 0 Å². The minimum Gasteiger partial charge on any atom is -0.481 e. The second-order valence-electron chi connectivity index (χ2n) is 4.65. The Labute approximate surface area is 109 Å². The first-order chi connectivity index (χ1) is 8.65. The fourth-order valence-corrected chi connectivity index (χ4v) is 2.05. The summed E-state index contributed by atoms with van der Waals surface area (Å²) in [6.45, 7) is 2.73. The van der Waals surface area contributed by atoms with Crippen molar-refractivity contribution in [1.29, 1.82) is 0 Å². The van der Waals surface area contributed by atoms with Gasteiger partial charge in [-0.05, 0) is 37.3 Å². The number of aliphatic carboxylic acids is 1. The lowest BCUT2D eigenvalue weighted by atomic mass is 9.92. The summed E-state index contributed by atoms with van der Waals surface area (Å²) in [5.74, 6) is -0.987. The van der Waals surface area contributed by atoms with Crippen LogP contribution in [-0.2, 0) is 16.0 Å². The standard InChI is InChI=1S/C15H22O3/c1-12-7-3-4-8-13(12)11-14(15(16)17)9-5-6-10-18-2/h3-4,7-8,14H,5-6,9-11H2,1-2H3,(H,16,17). The Morgan fingerprint density at radius 1 is 1.33 bits per heavy atom. The molecule has 1 N–H and O–H groups in total. The summed E-state index contributed by atoms with van der Waals surface area (Å²) in [4.78, 5) is 11.2. The lowest BCUT2D eigenvalue weighted by molar-refractivity contribution is -0.142. The number of carboxylic acid groups (broad SMARTS) is 1. The molecule has 0 saturated carbocycles. The van der Waals surface area contributed by atoms with E-state index in [-0.39, 0.29) is 5.92 Å². The lowest BCUT2D eigenvalue weighted by Gasteiger charge is -2.13. The van der Waals surface area contributed by atoms with Crippen LogP contribution < -0.4 is 0 Å². The largest absolute Gasteiger partial charge is 0.481 e. The molecule has 0 saturated heterocycles. The molecule has 1 unspecified atom stereocenters. The maximum absolute atomic E-state index is 11.2. The van der Waals surface area contributed by atoms with Crippen molar-refractivity contribution in [1.82, 2.24) is 0 Å². The average molecular weight is 250 g/mol. The highest BCUT2D eigenvalue weighted by atomic mass is 16.5. The lowest BCUT2D eigenvalue weighted by Crippen LogP contribution is -2.17. The van der Waals surface area contributed by atoms with E-state index in [0.29, 0.717) is 19.4 Å². The van der Waals surface area contributed by atoms with E-state index in [0.717, 1.165) is 18.4 Å². The van der Waals surface area contributed by atoms with Crippen LogP contribution in [0.1, 0.15) is 30.4 Å². The third kappa shape index (κ3) is 4.88. The number of hydrogen-bond acceptors (Lipinski definition) is 2. The highest BCUT2D eigenvalue weighted by Crippen LogP contribution is 2.18. The van der Waals surface area contributed by atoms with Gasteiger partial charge >= 0.3 is 5.97 Å². The van der Waals surface area contributed by atoms with Gasteiger partial charge in [-0.15, -0.1) is 0 Å². The molecule has 0 aliphatic carbocycles. The smallest absolute Gasteiger partial charge is 0.306 e. The number of ether oxygens (including phenoxy) is 1. The second kappa shape index (κ2) is 7.88. The molecule has 1 aromatic rings. The normalized spacial score (nSPS) is 12.3. The van der Waals surface area contributed by atoms with Gasteiger partial charge in [0, 0.05) is 13.7 Å². The van der Waals surface area contributed by atoms with Gasteiger partial charge in [-0.1, -0.05) is 30.7 Å². The van der Waals surface area contributed by atoms with Crippen LogP contribution in [0, 0.1) is 12.8 Å². The van der Waals surface area contributed by atoms with E-state index in [1.54, 1.807) is 7.11 Å². The van der Waals surface area contributed by atoms with Crippen LogP contribution in [0.3, 0.4) is 0 Å². The summed E-state index contributed by atoms with van der Waals surface area (Å²) in [5.41, 5.74) is 2.30. The van der Waals surface area contributed by atoms with Gasteiger partial charge in [0.15, 0.2) is 0 Å². The van der Waals surface area contributed by atoms with E-state index in [4.69, 9.17) is 4.74 Å². The zero-order chi connectivity index (χ0) is 13.4. The topological polar surface area (TPSA) is 46.5 Å². The molecule has 0 heterocycles. The molecule has 0 spiro atoms. The summed E-state index contributed by atoms with van der Waals surface area (Å²) in [6, 6.07) is 7.99. The van der Waals surface area contributed by atoms with Crippen LogP contribution in [0.15, 0.2) is 24.3 Å². The van der Waals surface area contributed by atoms with E-state index in [1.165, 1.54) is 5.56 Å². The Bertz CT molecular complexity index is 374. The Balaban J connectivity index is 2.53. The summed E-state index contributed by atoms with van der Waals surface area (Å²) in [5, 5.41) is 9.25. The minimum atomic E-state index is -0.698. The van der Waals surface area contributed by atoms with Crippen molar-refractivity contribution in [3.8, 4) is 0 Å². The monoisotopic (exact) mass is 250 g/mol. The maximum atomic E-state index is 11.2. The van der Waals surface area contributed by atoms with Gasteiger partial charge in [0.25, 0.3) is 0 Å². The Hall–Kier alpha value is -1.35. The van der Waals surface area contributed by atoms with Gasteiger partial charge < -0.3 is 9.84 Å². The van der Waals surface area contributed by atoms with Crippen molar-refractivity contribution in [2.75, 3.05) is 13.7 Å². The molecule has 100 valence electrons. The van der Waals surface area contributed by atoms with Crippen molar-refractivity contribution in [3.63, 3.8) is 0 Å². The molecule has 0 fully saturated rings. The summed E-state index contributed by atoms with van der Waals surface area (Å²) < 4.78 is 4.97. The summed E-state index contributed by atoms with van der Waals surface area (Å²) in [6.07, 6.45) is 3.16. The molecule has 1 atom stereocenters. The molecule has 0 radical (unpaired) electrons. The molecule has 3 heteroatoms. The van der Waals surface area contributed by atoms with E-state index in [9.17, 15) is 9.90 Å². The van der Waals surface area contributed by atoms with Gasteiger partial charge in [-0.25, -0.2) is 0 Å². The number of carboxylic acids is 1. The van der Waals surface area contributed by atoms with E-state index >= 15 is 0 Å². The average Bonchev–Trinajstić information content (AvgIpc) is 2.35. The maximum Gasteiger partial charge on any atom is 0.306 e. The zero-order valence-electron chi connectivity index (χ0n) is 11.2. The van der Waals surface area contributed by atoms with Crippen LogP contribution in [0.5, 0.6) is 0 Å². The van der Waals surface area contributed by atoms with E-state index in [1.807, 2.05) is 31.2 Å². The Morgan fingerprint density at radius 2 is 2.06 bits per heavy atom. The predicted octanol–water partition coefficient (Wildman–Crippen LogP) is 3.06. The van der Waals surface area contributed by atoms with Gasteiger partial charge in [0.2, 0.25) is 0 Å². The van der Waals surface area contributed by atoms with Crippen molar-refractivity contribution >= 4 is 5.97 Å². The number of carbonyl (C=O) groups is 1. The fourth-order valence-electron chi connectivity index (χ4n) is 2.05. The first-order valence-corrected chi connectivity index (χ1v) is 6.41. The van der Waals surface area contributed by atoms with Gasteiger partial charge in [0.1, 0.15) is 0 Å². The minimum absolute atomic E-state index is 0.289. The van der Waals surface area contributed by atoms with Gasteiger partial charge in [-0.3, -0.25) is 4.79 Å². The summed E-state index contributed by atoms with van der Waals surface area (Å²) in [7, 11) is 1.67. The second-order valence-corrected chi connectivity index (χ2v) is 4.65. The zero-order valence-corrected chi connectivity index (χ0v) is 11.2. The quantitative estimate of drug-likeness (QED) is 0.721. The first-order valence-electron chi connectivity index (χ1n) is 6.41. The van der Waals surface area contributed by atoms with Crippen LogP contribution in [0.4, 0.5) is 0 Å². The highest BCUT2D eigenvalue weighted by molar-refractivity contribution is 5.70. The predicted molar refractivity (Wildman–Crippen MR) is 71.7 cm³/mol. The SMILES string of the molecule is COCCCCC(Cc1ccccc1C)C(=O)O. The third-order valence-electron chi connectivity index (χ3n) is 3.23. The first kappa shape index (κ1) is 14.7. The summed E-state index contributed by atoms with van der Waals surface area (Å²) >= 11 is 0. The molecule has 1 rings (SSSR count). The van der Waals surface area contributed by atoms with Crippen molar-refractivity contribution in [2.45, 2.75) is 32.6 Å². The van der Waals surface area contributed by atoms with E-state index in [2.05, 4.69) is 0 Å². The number of rotatable bonds is 8. The molecule has 0 aromatic heterocycles. The molecule has 0 aliphatic rings.